The lowest BCUT2D eigenvalue weighted by Crippen LogP contribution is -2.02. The first-order chi connectivity index (χ1) is 8.27. The summed E-state index contributed by atoms with van der Waals surface area (Å²) in [6.07, 6.45) is 5.23. The van der Waals surface area contributed by atoms with Crippen molar-refractivity contribution in [1.82, 2.24) is 0 Å². The topological polar surface area (TPSA) is 12.4 Å². The van der Waals surface area contributed by atoms with Crippen LogP contribution in [0, 0.1) is 0 Å². The zero-order valence-electron chi connectivity index (χ0n) is 10.0. The number of nitrogens with zero attached hydrogens (tertiary/aromatic N) is 1. The van der Waals surface area contributed by atoms with Gasteiger partial charge in [0.2, 0.25) is 0 Å². The fraction of sp³-hybridized carbons (Fsp3) is 0.188. The van der Waals surface area contributed by atoms with Crippen LogP contribution in [0.2, 0.25) is 0 Å². The average molecular weight is 221 g/mol. The summed E-state index contributed by atoms with van der Waals surface area (Å²) >= 11 is 0. The molecular formula is C16H15N. The summed E-state index contributed by atoms with van der Waals surface area (Å²) in [7, 11) is 0. The van der Waals surface area contributed by atoms with Gasteiger partial charge in [-0.3, -0.25) is 4.99 Å². The molecule has 0 unspecified atom stereocenters. The van der Waals surface area contributed by atoms with Gasteiger partial charge in [0.1, 0.15) is 0 Å². The summed E-state index contributed by atoms with van der Waals surface area (Å²) < 4.78 is 0. The number of fused-ring (bicyclic) bond motifs is 1. The number of allylic oxidation sites excluding steroid dienone is 3. The molecule has 1 heteroatoms. The van der Waals surface area contributed by atoms with Crippen molar-refractivity contribution < 1.29 is 0 Å². The fourth-order valence-electron chi connectivity index (χ4n) is 2.57. The maximum absolute atomic E-state index is 4.38. The van der Waals surface area contributed by atoms with Gasteiger partial charge >= 0.3 is 0 Å². The predicted molar refractivity (Wildman–Crippen MR) is 74.1 cm³/mol. The molecule has 1 heterocycles. The van der Waals surface area contributed by atoms with Crippen molar-refractivity contribution in [2.45, 2.75) is 13.3 Å². The molecule has 0 N–H and O–H groups in total. The molecule has 0 fully saturated rings. The molecule has 0 amide bonds. The first-order valence-electron chi connectivity index (χ1n) is 5.95. The van der Waals surface area contributed by atoms with E-state index in [1.54, 1.807) is 0 Å². The van der Waals surface area contributed by atoms with Gasteiger partial charge in [-0.05, 0) is 40.3 Å². The van der Waals surface area contributed by atoms with E-state index in [4.69, 9.17) is 0 Å². The highest BCUT2D eigenvalue weighted by atomic mass is 14.7. The highest BCUT2D eigenvalue weighted by molar-refractivity contribution is 5.91. The Labute approximate surface area is 102 Å². The van der Waals surface area contributed by atoms with E-state index in [-0.39, 0.29) is 0 Å². The van der Waals surface area contributed by atoms with E-state index in [1.807, 2.05) is 6.21 Å². The molecule has 84 valence electrons. The summed E-state index contributed by atoms with van der Waals surface area (Å²) in [5.74, 6) is 0. The van der Waals surface area contributed by atoms with Gasteiger partial charge in [0.25, 0.3) is 0 Å². The van der Waals surface area contributed by atoms with Gasteiger partial charge in [-0.15, -0.1) is 0 Å². The van der Waals surface area contributed by atoms with Crippen molar-refractivity contribution >= 4 is 17.4 Å². The van der Waals surface area contributed by atoms with Crippen LogP contribution in [0.15, 0.2) is 53.1 Å². The summed E-state index contributed by atoms with van der Waals surface area (Å²) in [4.78, 5) is 4.38. The number of hydrogen-bond donors (Lipinski definition) is 0. The number of dihydropyridines is 1. The number of rotatable bonds is 0. The third-order valence-corrected chi connectivity index (χ3v) is 3.51. The maximum Gasteiger partial charge on any atom is 0.0644 e. The van der Waals surface area contributed by atoms with E-state index in [0.717, 1.165) is 18.5 Å². The third-order valence-electron chi connectivity index (χ3n) is 3.51. The van der Waals surface area contributed by atoms with E-state index >= 15 is 0 Å². The number of aliphatic imine (C=N–C) groups is 1. The summed E-state index contributed by atoms with van der Waals surface area (Å²) in [6.45, 7) is 7.21. The number of hydrogen-bond acceptors (Lipinski definition) is 1. The Morgan fingerprint density at radius 1 is 1.18 bits per heavy atom. The summed E-state index contributed by atoms with van der Waals surface area (Å²) in [6, 6.07) is 8.49. The minimum Gasteiger partial charge on any atom is -0.292 e. The van der Waals surface area contributed by atoms with Crippen molar-refractivity contribution in [3.05, 3.63) is 59.2 Å². The third kappa shape index (κ3) is 1.59. The standard InChI is InChI=1S/C16H15N/c1-11-9-13-7-8-17-10-16(13)12(2)15-6-4-3-5-14(11)15/h3-6,8-9H,2,7,10H2,1H3. The van der Waals surface area contributed by atoms with Crippen molar-refractivity contribution in [2.75, 3.05) is 6.54 Å². The van der Waals surface area contributed by atoms with Gasteiger partial charge in [0.05, 0.1) is 6.54 Å². The Bertz CT molecular complexity index is 585. The summed E-state index contributed by atoms with van der Waals surface area (Å²) in [5.41, 5.74) is 7.69. The van der Waals surface area contributed by atoms with Crippen LogP contribution in [0.25, 0.3) is 11.1 Å². The molecule has 0 saturated carbocycles. The predicted octanol–water partition coefficient (Wildman–Crippen LogP) is 3.89. The lowest BCUT2D eigenvalue weighted by molar-refractivity contribution is 1.11. The van der Waals surface area contributed by atoms with Crippen LogP contribution < -0.4 is 0 Å². The molecule has 3 rings (SSSR count). The minimum atomic E-state index is 0.770. The molecule has 1 aliphatic heterocycles. The SMILES string of the molecule is C=C1C2=C(C=C(C)c3ccccc31)CC=NC2. The molecule has 1 aliphatic carbocycles. The van der Waals surface area contributed by atoms with E-state index in [9.17, 15) is 0 Å². The van der Waals surface area contributed by atoms with E-state index in [2.05, 4.69) is 48.8 Å². The van der Waals surface area contributed by atoms with E-state index < -0.39 is 0 Å². The second-order valence-corrected chi connectivity index (χ2v) is 4.58. The van der Waals surface area contributed by atoms with Crippen molar-refractivity contribution in [2.24, 2.45) is 4.99 Å². The molecular weight excluding hydrogens is 206 g/mol. The molecule has 0 radical (unpaired) electrons. The van der Waals surface area contributed by atoms with Crippen molar-refractivity contribution in [3.8, 4) is 0 Å². The van der Waals surface area contributed by atoms with Crippen LogP contribution in [0.3, 0.4) is 0 Å². The summed E-state index contributed by atoms with van der Waals surface area (Å²) in [5, 5.41) is 0. The van der Waals surface area contributed by atoms with Gasteiger partial charge in [-0.25, -0.2) is 0 Å². The first-order valence-corrected chi connectivity index (χ1v) is 5.95. The second-order valence-electron chi connectivity index (χ2n) is 4.58. The molecule has 0 spiro atoms. The van der Waals surface area contributed by atoms with Crippen LogP contribution in [0.1, 0.15) is 24.5 Å². The Kier molecular flexibility index (Phi) is 2.32. The Balaban J connectivity index is 2.24. The van der Waals surface area contributed by atoms with Gasteiger partial charge in [0.15, 0.2) is 0 Å². The smallest absolute Gasteiger partial charge is 0.0644 e. The van der Waals surface area contributed by atoms with Gasteiger partial charge in [-0.2, -0.15) is 0 Å². The molecule has 0 bridgehead atoms. The van der Waals surface area contributed by atoms with Crippen LogP contribution in [-0.4, -0.2) is 12.8 Å². The molecule has 0 saturated heterocycles. The molecule has 17 heavy (non-hydrogen) atoms. The van der Waals surface area contributed by atoms with Crippen LogP contribution in [0.5, 0.6) is 0 Å². The number of benzene rings is 1. The average Bonchev–Trinajstić information content (AvgIpc) is 2.48. The monoisotopic (exact) mass is 221 g/mol. The highest BCUT2D eigenvalue weighted by Crippen LogP contribution is 2.36. The maximum atomic E-state index is 4.38. The second kappa shape index (κ2) is 3.85. The molecule has 1 nitrogen and oxygen atoms in total. The Morgan fingerprint density at radius 3 is 2.76 bits per heavy atom. The molecule has 2 aliphatic rings. The van der Waals surface area contributed by atoms with Gasteiger partial charge in [-0.1, -0.05) is 36.9 Å². The van der Waals surface area contributed by atoms with E-state index in [0.29, 0.717) is 0 Å². The van der Waals surface area contributed by atoms with Gasteiger partial charge < -0.3 is 0 Å². The molecule has 0 atom stereocenters. The van der Waals surface area contributed by atoms with Crippen LogP contribution in [-0.2, 0) is 0 Å². The Morgan fingerprint density at radius 2 is 1.94 bits per heavy atom. The molecule has 1 aromatic carbocycles. The lowest BCUT2D eigenvalue weighted by Gasteiger charge is -2.15. The molecule has 0 aromatic heterocycles. The quantitative estimate of drug-likeness (QED) is 0.630. The van der Waals surface area contributed by atoms with Gasteiger partial charge in [0, 0.05) is 12.6 Å². The fourth-order valence-corrected chi connectivity index (χ4v) is 2.57. The van der Waals surface area contributed by atoms with Crippen molar-refractivity contribution in [1.29, 1.82) is 0 Å². The Hall–Kier alpha value is -1.89. The zero-order valence-corrected chi connectivity index (χ0v) is 10.0. The van der Waals surface area contributed by atoms with E-state index in [1.165, 1.54) is 27.8 Å². The van der Waals surface area contributed by atoms with Crippen molar-refractivity contribution in [3.63, 3.8) is 0 Å². The van der Waals surface area contributed by atoms with Crippen LogP contribution in [0.4, 0.5) is 0 Å². The normalized spacial score (nSPS) is 18.4. The minimum absolute atomic E-state index is 0.770. The largest absolute Gasteiger partial charge is 0.292 e. The zero-order chi connectivity index (χ0) is 11.8. The molecule has 1 aromatic rings. The first kappa shape index (κ1) is 10.3. The van der Waals surface area contributed by atoms with Crippen LogP contribution >= 0.6 is 0 Å². The lowest BCUT2D eigenvalue weighted by atomic mass is 9.92. The highest BCUT2D eigenvalue weighted by Gasteiger charge is 2.19.